The van der Waals surface area contributed by atoms with Gasteiger partial charge in [-0.1, -0.05) is 29.9 Å². The van der Waals surface area contributed by atoms with Gasteiger partial charge in [0.15, 0.2) is 0 Å². The van der Waals surface area contributed by atoms with E-state index in [2.05, 4.69) is 18.7 Å². The molecule has 1 heterocycles. The van der Waals surface area contributed by atoms with Crippen LogP contribution in [0.15, 0.2) is 59.4 Å². The van der Waals surface area contributed by atoms with Gasteiger partial charge < -0.3 is 4.74 Å². The van der Waals surface area contributed by atoms with E-state index in [1.807, 2.05) is 19.1 Å². The van der Waals surface area contributed by atoms with Crippen LogP contribution in [0.2, 0.25) is 0 Å². The van der Waals surface area contributed by atoms with Crippen molar-refractivity contribution in [2.24, 2.45) is 0 Å². The van der Waals surface area contributed by atoms with E-state index >= 15 is 0 Å². The molecule has 0 amide bonds. The molecule has 0 radical (unpaired) electrons. The Morgan fingerprint density at radius 3 is 3.06 bits per heavy atom. The first-order chi connectivity index (χ1) is 8.19. The number of rotatable bonds is 2. The second-order valence-electron chi connectivity index (χ2n) is 4.35. The first-order valence-electron chi connectivity index (χ1n) is 5.78. The standard InChI is InChI=1S/C15H16O2/c1-3-4-12-5-7-13-9-11(2)10-15(16)17-14(13)8-6-12/h3,5-7,10H,1,4,8-9H2,2H3. The van der Waals surface area contributed by atoms with Gasteiger partial charge in [-0.15, -0.1) is 6.58 Å². The third kappa shape index (κ3) is 2.84. The van der Waals surface area contributed by atoms with Crippen LogP contribution in [-0.4, -0.2) is 5.97 Å². The van der Waals surface area contributed by atoms with Crippen molar-refractivity contribution in [3.05, 3.63) is 59.4 Å². The Labute approximate surface area is 102 Å². The molecule has 2 rings (SSSR count). The highest BCUT2D eigenvalue weighted by Gasteiger charge is 2.16. The minimum atomic E-state index is -0.263. The highest BCUT2D eigenvalue weighted by atomic mass is 16.5. The first kappa shape index (κ1) is 11.6. The zero-order valence-electron chi connectivity index (χ0n) is 10.0. The molecule has 0 aromatic heterocycles. The van der Waals surface area contributed by atoms with Gasteiger partial charge in [-0.05, 0) is 30.9 Å². The van der Waals surface area contributed by atoms with Crippen LogP contribution in [0.5, 0.6) is 0 Å². The molecule has 0 saturated carbocycles. The summed E-state index contributed by atoms with van der Waals surface area (Å²) in [5, 5.41) is 0. The topological polar surface area (TPSA) is 26.3 Å². The normalized spacial score (nSPS) is 19.7. The highest BCUT2D eigenvalue weighted by Crippen LogP contribution is 2.27. The molecule has 0 unspecified atom stereocenters. The molecule has 0 spiro atoms. The van der Waals surface area contributed by atoms with Gasteiger partial charge in [0.05, 0.1) is 0 Å². The van der Waals surface area contributed by atoms with Gasteiger partial charge in [-0.25, -0.2) is 4.79 Å². The van der Waals surface area contributed by atoms with Crippen molar-refractivity contribution in [3.8, 4) is 0 Å². The Morgan fingerprint density at radius 1 is 1.47 bits per heavy atom. The van der Waals surface area contributed by atoms with E-state index in [0.717, 1.165) is 29.7 Å². The number of carbonyl (C=O) groups excluding carboxylic acids is 1. The largest absolute Gasteiger partial charge is 0.427 e. The average Bonchev–Trinajstić information content (AvgIpc) is 2.51. The molecule has 0 saturated heterocycles. The molecule has 17 heavy (non-hydrogen) atoms. The van der Waals surface area contributed by atoms with Crippen molar-refractivity contribution in [2.45, 2.75) is 26.2 Å². The Morgan fingerprint density at radius 2 is 2.29 bits per heavy atom. The molecule has 0 aromatic rings. The van der Waals surface area contributed by atoms with Crippen LogP contribution in [-0.2, 0) is 9.53 Å². The Balaban J connectivity index is 2.26. The van der Waals surface area contributed by atoms with E-state index < -0.39 is 0 Å². The van der Waals surface area contributed by atoms with E-state index in [9.17, 15) is 4.79 Å². The van der Waals surface area contributed by atoms with E-state index in [4.69, 9.17) is 4.74 Å². The van der Waals surface area contributed by atoms with E-state index in [-0.39, 0.29) is 5.97 Å². The summed E-state index contributed by atoms with van der Waals surface area (Å²) in [4.78, 5) is 11.5. The minimum Gasteiger partial charge on any atom is -0.427 e. The van der Waals surface area contributed by atoms with Crippen LogP contribution in [0.25, 0.3) is 0 Å². The lowest BCUT2D eigenvalue weighted by Gasteiger charge is -2.06. The summed E-state index contributed by atoms with van der Waals surface area (Å²) in [6.07, 6.45) is 12.0. The third-order valence-corrected chi connectivity index (χ3v) is 2.84. The summed E-state index contributed by atoms with van der Waals surface area (Å²) >= 11 is 0. The highest BCUT2D eigenvalue weighted by molar-refractivity contribution is 5.84. The third-order valence-electron chi connectivity index (χ3n) is 2.84. The van der Waals surface area contributed by atoms with Crippen molar-refractivity contribution in [1.82, 2.24) is 0 Å². The number of hydrogen-bond donors (Lipinski definition) is 0. The SMILES string of the molecule is C=CCC1=CCC2=C(C=C1)CC(C)=CC(=O)O2. The average molecular weight is 228 g/mol. The molecule has 88 valence electrons. The monoisotopic (exact) mass is 228 g/mol. The quantitative estimate of drug-likeness (QED) is 0.533. The first-order valence-corrected chi connectivity index (χ1v) is 5.78. The number of ether oxygens (including phenoxy) is 1. The second kappa shape index (κ2) is 5.00. The lowest BCUT2D eigenvalue weighted by molar-refractivity contribution is -0.133. The zero-order valence-corrected chi connectivity index (χ0v) is 10.0. The Kier molecular flexibility index (Phi) is 3.43. The van der Waals surface area contributed by atoms with E-state index in [0.29, 0.717) is 6.42 Å². The lowest BCUT2D eigenvalue weighted by atomic mass is 10.0. The molecule has 0 N–H and O–H groups in total. The Hall–Kier alpha value is -1.83. The molecule has 2 heteroatoms. The van der Waals surface area contributed by atoms with Crippen molar-refractivity contribution in [2.75, 3.05) is 0 Å². The summed E-state index contributed by atoms with van der Waals surface area (Å²) in [5.74, 6) is 0.514. The molecular formula is C15H16O2. The summed E-state index contributed by atoms with van der Waals surface area (Å²) in [6.45, 7) is 5.68. The van der Waals surface area contributed by atoms with Crippen molar-refractivity contribution < 1.29 is 9.53 Å². The predicted molar refractivity (Wildman–Crippen MR) is 68.1 cm³/mol. The van der Waals surface area contributed by atoms with Crippen LogP contribution in [0.4, 0.5) is 0 Å². The molecule has 2 nitrogen and oxygen atoms in total. The summed E-state index contributed by atoms with van der Waals surface area (Å²) in [7, 11) is 0. The van der Waals surface area contributed by atoms with Gasteiger partial charge in [0.1, 0.15) is 5.76 Å². The molecule has 0 atom stereocenters. The van der Waals surface area contributed by atoms with Crippen molar-refractivity contribution in [1.29, 1.82) is 0 Å². The van der Waals surface area contributed by atoms with Gasteiger partial charge >= 0.3 is 5.97 Å². The van der Waals surface area contributed by atoms with Crippen LogP contribution in [0.1, 0.15) is 26.2 Å². The van der Waals surface area contributed by atoms with Crippen molar-refractivity contribution >= 4 is 5.97 Å². The summed E-state index contributed by atoms with van der Waals surface area (Å²) < 4.78 is 5.33. The van der Waals surface area contributed by atoms with Gasteiger partial charge in [0.25, 0.3) is 0 Å². The summed E-state index contributed by atoms with van der Waals surface area (Å²) in [5.41, 5.74) is 3.35. The minimum absolute atomic E-state index is 0.263. The number of hydrogen-bond acceptors (Lipinski definition) is 2. The number of allylic oxidation sites excluding steroid dienone is 7. The maximum atomic E-state index is 11.5. The van der Waals surface area contributed by atoms with Gasteiger partial charge in [0.2, 0.25) is 0 Å². The van der Waals surface area contributed by atoms with E-state index in [1.54, 1.807) is 6.08 Å². The van der Waals surface area contributed by atoms with Gasteiger partial charge in [-0.3, -0.25) is 0 Å². The van der Waals surface area contributed by atoms with Gasteiger partial charge in [-0.2, -0.15) is 0 Å². The predicted octanol–water partition coefficient (Wildman–Crippen LogP) is 3.60. The molecule has 0 aromatic carbocycles. The zero-order chi connectivity index (χ0) is 12.3. The fraction of sp³-hybridized carbons (Fsp3) is 0.267. The molecular weight excluding hydrogens is 212 g/mol. The van der Waals surface area contributed by atoms with Crippen LogP contribution in [0, 0.1) is 0 Å². The van der Waals surface area contributed by atoms with Gasteiger partial charge in [0, 0.05) is 12.5 Å². The smallest absolute Gasteiger partial charge is 0.335 e. The molecule has 1 aliphatic heterocycles. The van der Waals surface area contributed by atoms with Crippen LogP contribution < -0.4 is 0 Å². The maximum absolute atomic E-state index is 11.5. The van der Waals surface area contributed by atoms with E-state index in [1.165, 1.54) is 5.57 Å². The molecule has 2 aliphatic rings. The molecule has 1 aliphatic carbocycles. The van der Waals surface area contributed by atoms with Crippen molar-refractivity contribution in [3.63, 3.8) is 0 Å². The number of carbonyl (C=O) groups is 1. The molecule has 0 fully saturated rings. The second-order valence-corrected chi connectivity index (χ2v) is 4.35. The summed E-state index contributed by atoms with van der Waals surface area (Å²) in [6, 6.07) is 0. The Bertz CT molecular complexity index is 473. The fourth-order valence-electron chi connectivity index (χ4n) is 2.01. The maximum Gasteiger partial charge on any atom is 0.335 e. The van der Waals surface area contributed by atoms with Crippen LogP contribution in [0.3, 0.4) is 0 Å². The molecule has 0 bridgehead atoms. The van der Waals surface area contributed by atoms with Crippen LogP contribution >= 0.6 is 0 Å². The number of esters is 1. The lowest BCUT2D eigenvalue weighted by Crippen LogP contribution is -2.00. The fourth-order valence-corrected chi connectivity index (χ4v) is 2.01.